The molecule has 0 bridgehead atoms. The van der Waals surface area contributed by atoms with Gasteiger partial charge >= 0.3 is 0 Å². The van der Waals surface area contributed by atoms with Crippen molar-refractivity contribution >= 4 is 21.8 Å². The van der Waals surface area contributed by atoms with Crippen LogP contribution in [0.3, 0.4) is 0 Å². The molecular weight excluding hydrogens is 374 g/mol. The lowest BCUT2D eigenvalue weighted by Crippen LogP contribution is -1.94. The fraction of sp³-hybridized carbons (Fsp3) is 0.120. The smallest absolute Gasteiger partial charge is 0.156 e. The monoisotopic (exact) mass is 395 g/mol. The minimum Gasteiger partial charge on any atom is -0.508 e. The molecule has 148 valence electrons. The molecule has 0 aliphatic carbocycles. The van der Waals surface area contributed by atoms with E-state index in [2.05, 4.69) is 34.5 Å². The van der Waals surface area contributed by atoms with Gasteiger partial charge in [0.25, 0.3) is 0 Å². The maximum Gasteiger partial charge on any atom is 0.156 e. The number of nitrogens with one attached hydrogen (secondary N) is 1. The van der Waals surface area contributed by atoms with Crippen LogP contribution in [0.25, 0.3) is 33.1 Å². The molecule has 0 amide bonds. The number of hydrogen-bond donors (Lipinski definition) is 2. The zero-order chi connectivity index (χ0) is 20.7. The summed E-state index contributed by atoms with van der Waals surface area (Å²) in [6.45, 7) is 2.03. The van der Waals surface area contributed by atoms with Crippen LogP contribution in [0, 0.1) is 6.92 Å². The summed E-state index contributed by atoms with van der Waals surface area (Å²) in [7, 11) is 1.69. The average Bonchev–Trinajstić information content (AvgIpc) is 3.17. The number of aromatic amines is 1. The Morgan fingerprint density at radius 2 is 1.73 bits per heavy atom. The quantitative estimate of drug-likeness (QED) is 0.428. The van der Waals surface area contributed by atoms with Crippen molar-refractivity contribution in [3.05, 3.63) is 83.6 Å². The van der Waals surface area contributed by atoms with Gasteiger partial charge in [0.05, 0.1) is 23.9 Å². The fourth-order valence-corrected chi connectivity index (χ4v) is 3.97. The van der Waals surface area contributed by atoms with Crippen LogP contribution >= 0.6 is 0 Å². The Labute approximate surface area is 174 Å². The molecule has 0 aliphatic rings. The van der Waals surface area contributed by atoms with Crippen molar-refractivity contribution in [1.29, 1.82) is 0 Å². The first-order valence-corrected chi connectivity index (χ1v) is 9.82. The molecule has 5 rings (SSSR count). The maximum atomic E-state index is 9.69. The molecule has 2 aromatic heterocycles. The molecule has 0 saturated carbocycles. The van der Waals surface area contributed by atoms with Gasteiger partial charge in [0.2, 0.25) is 0 Å². The molecule has 3 aromatic carbocycles. The van der Waals surface area contributed by atoms with Crippen molar-refractivity contribution in [2.45, 2.75) is 13.3 Å². The van der Waals surface area contributed by atoms with Gasteiger partial charge in [0.15, 0.2) is 5.65 Å². The van der Waals surface area contributed by atoms with Crippen LogP contribution in [-0.4, -0.2) is 27.4 Å². The van der Waals surface area contributed by atoms with E-state index in [1.807, 2.05) is 37.3 Å². The van der Waals surface area contributed by atoms with Crippen molar-refractivity contribution in [1.82, 2.24) is 15.2 Å². The summed E-state index contributed by atoms with van der Waals surface area (Å²) in [4.78, 5) is 4.92. The van der Waals surface area contributed by atoms with Crippen molar-refractivity contribution in [2.75, 3.05) is 7.11 Å². The molecular formula is C25H21N3O2. The van der Waals surface area contributed by atoms with Crippen molar-refractivity contribution in [3.63, 3.8) is 0 Å². The van der Waals surface area contributed by atoms with Gasteiger partial charge in [-0.05, 0) is 54.4 Å². The largest absolute Gasteiger partial charge is 0.508 e. The number of hydrogen-bond acceptors (Lipinski definition) is 4. The highest BCUT2D eigenvalue weighted by Gasteiger charge is 2.18. The zero-order valence-corrected chi connectivity index (χ0v) is 16.8. The van der Waals surface area contributed by atoms with Crippen LogP contribution < -0.4 is 4.74 Å². The molecule has 0 fully saturated rings. The average molecular weight is 395 g/mol. The Morgan fingerprint density at radius 1 is 0.967 bits per heavy atom. The Kier molecular flexibility index (Phi) is 4.36. The molecule has 0 aliphatic heterocycles. The first-order chi connectivity index (χ1) is 14.6. The predicted octanol–water partition coefficient (Wildman–Crippen LogP) is 5.39. The van der Waals surface area contributed by atoms with Gasteiger partial charge in [-0.1, -0.05) is 30.3 Å². The molecule has 0 spiro atoms. The second-order valence-electron chi connectivity index (χ2n) is 7.43. The minimum atomic E-state index is 0.230. The Hall–Kier alpha value is -3.86. The van der Waals surface area contributed by atoms with E-state index in [0.29, 0.717) is 6.42 Å². The summed E-state index contributed by atoms with van der Waals surface area (Å²) in [5, 5.41) is 20.5. The number of benzene rings is 3. The number of aryl methyl sites for hydroxylation is 1. The predicted molar refractivity (Wildman–Crippen MR) is 119 cm³/mol. The maximum absolute atomic E-state index is 9.69. The number of aromatic hydroxyl groups is 1. The third-order valence-electron chi connectivity index (χ3n) is 5.46. The fourth-order valence-electron chi connectivity index (χ4n) is 3.97. The van der Waals surface area contributed by atoms with Crippen LogP contribution in [0.1, 0.15) is 16.8 Å². The molecule has 5 heteroatoms. The lowest BCUT2D eigenvalue weighted by Gasteiger charge is -2.12. The van der Waals surface area contributed by atoms with E-state index in [-0.39, 0.29) is 5.75 Å². The minimum absolute atomic E-state index is 0.230. The molecule has 5 aromatic rings. The Balaban J connectivity index is 1.80. The third kappa shape index (κ3) is 3.05. The van der Waals surface area contributed by atoms with Gasteiger partial charge in [-0.15, -0.1) is 0 Å². The number of pyridine rings is 1. The van der Waals surface area contributed by atoms with E-state index in [4.69, 9.17) is 9.72 Å². The summed E-state index contributed by atoms with van der Waals surface area (Å²) in [5.41, 5.74) is 5.71. The molecule has 0 saturated heterocycles. The molecule has 30 heavy (non-hydrogen) atoms. The summed E-state index contributed by atoms with van der Waals surface area (Å²) >= 11 is 0. The van der Waals surface area contributed by atoms with E-state index >= 15 is 0 Å². The van der Waals surface area contributed by atoms with Crippen LogP contribution in [0.15, 0.2) is 66.7 Å². The summed E-state index contributed by atoms with van der Waals surface area (Å²) in [6, 6.07) is 21.6. The number of methoxy groups -OCH3 is 1. The van der Waals surface area contributed by atoms with E-state index < -0.39 is 0 Å². The van der Waals surface area contributed by atoms with Gasteiger partial charge in [0.1, 0.15) is 11.5 Å². The van der Waals surface area contributed by atoms with Crippen molar-refractivity contribution < 1.29 is 9.84 Å². The third-order valence-corrected chi connectivity index (χ3v) is 5.46. The van der Waals surface area contributed by atoms with E-state index in [0.717, 1.165) is 50.1 Å². The SMILES string of the molecule is COc1cc2c(cc1C)c(-c1ccc(O)cc1)nc1[nH]nc(Cc3ccccc3)c12. The number of nitrogens with zero attached hydrogens (tertiary/aromatic N) is 2. The first kappa shape index (κ1) is 18.2. The van der Waals surface area contributed by atoms with E-state index in [1.165, 1.54) is 5.56 Å². The second-order valence-corrected chi connectivity index (χ2v) is 7.43. The molecule has 0 radical (unpaired) electrons. The Bertz CT molecular complexity index is 1360. The van der Waals surface area contributed by atoms with Crippen LogP contribution in [0.4, 0.5) is 0 Å². The van der Waals surface area contributed by atoms with Gasteiger partial charge in [-0.2, -0.15) is 5.10 Å². The molecule has 0 atom stereocenters. The lowest BCUT2D eigenvalue weighted by atomic mass is 9.97. The highest BCUT2D eigenvalue weighted by Crippen LogP contribution is 2.37. The lowest BCUT2D eigenvalue weighted by molar-refractivity contribution is 0.412. The van der Waals surface area contributed by atoms with Crippen LogP contribution in [0.5, 0.6) is 11.5 Å². The van der Waals surface area contributed by atoms with Crippen molar-refractivity contribution in [3.8, 4) is 22.8 Å². The summed E-state index contributed by atoms with van der Waals surface area (Å²) in [5.74, 6) is 1.06. The molecule has 2 heterocycles. The number of H-pyrrole nitrogens is 1. The van der Waals surface area contributed by atoms with Gasteiger partial charge in [-0.25, -0.2) is 4.98 Å². The summed E-state index contributed by atoms with van der Waals surface area (Å²) < 4.78 is 5.61. The standard InChI is InChI=1S/C25H21N3O2/c1-15-12-20-19(14-22(15)30-2)23-21(13-16-6-4-3-5-7-16)27-28-25(23)26-24(20)17-8-10-18(29)11-9-17/h3-12,14,29H,13H2,1-2H3,(H,26,27,28). The number of aromatic nitrogens is 3. The highest BCUT2D eigenvalue weighted by molar-refractivity contribution is 6.12. The molecule has 2 N–H and O–H groups in total. The van der Waals surface area contributed by atoms with Crippen LogP contribution in [0.2, 0.25) is 0 Å². The number of fused-ring (bicyclic) bond motifs is 3. The number of phenolic OH excluding ortho intramolecular Hbond substituents is 1. The normalized spacial score (nSPS) is 11.3. The van der Waals surface area contributed by atoms with Crippen molar-refractivity contribution in [2.24, 2.45) is 0 Å². The topological polar surface area (TPSA) is 71.0 Å². The molecule has 5 nitrogen and oxygen atoms in total. The Morgan fingerprint density at radius 3 is 2.47 bits per heavy atom. The zero-order valence-electron chi connectivity index (χ0n) is 16.8. The van der Waals surface area contributed by atoms with E-state index in [1.54, 1.807) is 19.2 Å². The second kappa shape index (κ2) is 7.19. The number of rotatable bonds is 4. The first-order valence-electron chi connectivity index (χ1n) is 9.82. The van der Waals surface area contributed by atoms with Crippen LogP contribution in [-0.2, 0) is 6.42 Å². The van der Waals surface area contributed by atoms with Gasteiger partial charge in [0, 0.05) is 22.8 Å². The van der Waals surface area contributed by atoms with E-state index in [9.17, 15) is 5.11 Å². The van der Waals surface area contributed by atoms with Gasteiger partial charge < -0.3 is 9.84 Å². The molecule has 0 unspecified atom stereocenters. The number of phenols is 1. The van der Waals surface area contributed by atoms with Gasteiger partial charge in [-0.3, -0.25) is 5.10 Å². The number of ether oxygens (including phenoxy) is 1. The summed E-state index contributed by atoms with van der Waals surface area (Å²) in [6.07, 6.45) is 0.715. The highest BCUT2D eigenvalue weighted by atomic mass is 16.5.